The average Bonchev–Trinajstić information content (AvgIpc) is 2.98. The molecule has 80 valence electrons. The highest BCUT2D eigenvalue weighted by atomic mass is 35.5. The van der Waals surface area contributed by atoms with E-state index >= 15 is 0 Å². The molecule has 5 heteroatoms. The topological polar surface area (TPSA) is 46.4 Å². The molecule has 0 heterocycles. The van der Waals surface area contributed by atoms with Gasteiger partial charge in [-0.3, -0.25) is 10.1 Å². The molecule has 2 rings (SSSR count). The van der Waals surface area contributed by atoms with E-state index in [1.165, 1.54) is 0 Å². The largest absolute Gasteiger partial charge is 0.366 e. The number of anilines is 1. The van der Waals surface area contributed by atoms with Crippen LogP contribution in [0.25, 0.3) is 0 Å². The molecule has 0 unspecified atom stereocenters. The first-order valence-corrected chi connectivity index (χ1v) is 5.15. The Hall–Kier alpha value is -1.29. The molecule has 1 aromatic carbocycles. The Morgan fingerprint density at radius 3 is 2.73 bits per heavy atom. The van der Waals surface area contributed by atoms with Crippen LogP contribution < -0.4 is 4.90 Å². The summed E-state index contributed by atoms with van der Waals surface area (Å²) in [6, 6.07) is 5.46. The number of benzene rings is 1. The van der Waals surface area contributed by atoms with E-state index in [9.17, 15) is 10.1 Å². The maximum absolute atomic E-state index is 10.9. The lowest BCUT2D eigenvalue weighted by Crippen LogP contribution is -2.20. The molecule has 0 spiro atoms. The third-order valence-electron chi connectivity index (χ3n) is 2.62. The number of rotatable bonds is 3. The first-order valence-electron chi connectivity index (χ1n) is 4.77. The second kappa shape index (κ2) is 3.70. The van der Waals surface area contributed by atoms with Crippen molar-refractivity contribution in [1.29, 1.82) is 0 Å². The summed E-state index contributed by atoms with van der Waals surface area (Å²) in [6.45, 7) is 0. The van der Waals surface area contributed by atoms with E-state index in [1.54, 1.807) is 18.2 Å². The molecule has 0 radical (unpaired) electrons. The first-order chi connectivity index (χ1) is 7.11. The Morgan fingerprint density at radius 1 is 1.53 bits per heavy atom. The van der Waals surface area contributed by atoms with Crippen LogP contribution in [-0.2, 0) is 0 Å². The monoisotopic (exact) mass is 226 g/mol. The highest BCUT2D eigenvalue weighted by Gasteiger charge is 2.31. The lowest BCUT2D eigenvalue weighted by molar-refractivity contribution is -0.384. The van der Waals surface area contributed by atoms with Crippen LogP contribution >= 0.6 is 11.6 Å². The van der Waals surface area contributed by atoms with Crippen LogP contribution in [0.3, 0.4) is 0 Å². The number of nitrogens with zero attached hydrogens (tertiary/aromatic N) is 2. The molecule has 0 saturated heterocycles. The normalized spacial score (nSPS) is 15.1. The number of para-hydroxylation sites is 1. The molecule has 1 saturated carbocycles. The highest BCUT2D eigenvalue weighted by molar-refractivity contribution is 6.33. The predicted molar refractivity (Wildman–Crippen MR) is 59.5 cm³/mol. The summed E-state index contributed by atoms with van der Waals surface area (Å²) < 4.78 is 0. The van der Waals surface area contributed by atoms with Gasteiger partial charge in [0.1, 0.15) is 10.7 Å². The van der Waals surface area contributed by atoms with Crippen LogP contribution in [0.15, 0.2) is 18.2 Å². The summed E-state index contributed by atoms with van der Waals surface area (Å²) in [6.07, 6.45) is 2.19. The van der Waals surface area contributed by atoms with Crippen molar-refractivity contribution in [1.82, 2.24) is 0 Å². The molecular formula is C10H11ClN2O2. The summed E-state index contributed by atoms with van der Waals surface area (Å²) in [5.74, 6) is 0. The van der Waals surface area contributed by atoms with E-state index in [1.807, 2.05) is 11.9 Å². The smallest absolute Gasteiger partial charge is 0.310 e. The summed E-state index contributed by atoms with van der Waals surface area (Å²) in [5.41, 5.74) is 0.614. The number of nitro groups is 1. The second-order valence-corrected chi connectivity index (χ2v) is 4.11. The molecule has 1 fully saturated rings. The zero-order valence-electron chi connectivity index (χ0n) is 8.31. The third kappa shape index (κ3) is 1.90. The summed E-state index contributed by atoms with van der Waals surface area (Å²) in [5, 5.41) is 11.1. The maximum atomic E-state index is 10.9. The molecule has 0 atom stereocenters. The van der Waals surface area contributed by atoms with Gasteiger partial charge in [0, 0.05) is 13.1 Å². The van der Waals surface area contributed by atoms with Crippen molar-refractivity contribution in [3.05, 3.63) is 33.3 Å². The van der Waals surface area contributed by atoms with Gasteiger partial charge in [0.25, 0.3) is 0 Å². The minimum absolute atomic E-state index is 0.00793. The first kappa shape index (κ1) is 10.2. The van der Waals surface area contributed by atoms with Crippen molar-refractivity contribution in [2.24, 2.45) is 0 Å². The Bertz CT molecular complexity index is 404. The summed E-state index contributed by atoms with van der Waals surface area (Å²) in [4.78, 5) is 12.4. The fourth-order valence-electron chi connectivity index (χ4n) is 1.63. The van der Waals surface area contributed by atoms with Crippen molar-refractivity contribution in [2.75, 3.05) is 11.9 Å². The van der Waals surface area contributed by atoms with Crippen molar-refractivity contribution in [3.63, 3.8) is 0 Å². The molecular weight excluding hydrogens is 216 g/mol. The SMILES string of the molecule is CN(c1cccc(Cl)c1[N+](=O)[O-])C1CC1. The predicted octanol–water partition coefficient (Wildman–Crippen LogP) is 2.85. The summed E-state index contributed by atoms with van der Waals surface area (Å²) in [7, 11) is 1.87. The van der Waals surface area contributed by atoms with Crippen LogP contribution in [-0.4, -0.2) is 18.0 Å². The molecule has 1 aromatic rings. The minimum Gasteiger partial charge on any atom is -0.366 e. The molecule has 0 bridgehead atoms. The van der Waals surface area contributed by atoms with Crippen LogP contribution in [0, 0.1) is 10.1 Å². The molecule has 0 aromatic heterocycles. The van der Waals surface area contributed by atoms with Gasteiger partial charge in [-0.05, 0) is 25.0 Å². The van der Waals surface area contributed by atoms with Gasteiger partial charge in [-0.1, -0.05) is 17.7 Å². The van der Waals surface area contributed by atoms with E-state index in [0.717, 1.165) is 12.8 Å². The van der Waals surface area contributed by atoms with Crippen LogP contribution in [0.5, 0.6) is 0 Å². The van der Waals surface area contributed by atoms with Gasteiger partial charge in [-0.25, -0.2) is 0 Å². The Morgan fingerprint density at radius 2 is 2.20 bits per heavy atom. The number of nitro benzene ring substituents is 1. The molecule has 1 aliphatic rings. The van der Waals surface area contributed by atoms with Gasteiger partial charge < -0.3 is 4.90 Å². The van der Waals surface area contributed by atoms with E-state index in [-0.39, 0.29) is 10.7 Å². The standard InChI is InChI=1S/C10H11ClN2O2/c1-12(7-5-6-7)9-4-2-3-8(11)10(9)13(14)15/h2-4,7H,5-6H2,1H3. The number of hydrogen-bond acceptors (Lipinski definition) is 3. The van der Waals surface area contributed by atoms with Crippen LogP contribution in [0.4, 0.5) is 11.4 Å². The Labute approximate surface area is 92.6 Å². The van der Waals surface area contributed by atoms with Gasteiger partial charge in [-0.2, -0.15) is 0 Å². The summed E-state index contributed by atoms with van der Waals surface area (Å²) >= 11 is 5.83. The lowest BCUT2D eigenvalue weighted by Gasteiger charge is -2.18. The Balaban J connectivity index is 2.44. The average molecular weight is 227 g/mol. The fourth-order valence-corrected chi connectivity index (χ4v) is 1.87. The van der Waals surface area contributed by atoms with E-state index in [0.29, 0.717) is 11.7 Å². The molecule has 4 nitrogen and oxygen atoms in total. The molecule has 0 N–H and O–H groups in total. The third-order valence-corrected chi connectivity index (χ3v) is 2.93. The maximum Gasteiger partial charge on any atom is 0.310 e. The minimum atomic E-state index is -0.420. The van der Waals surface area contributed by atoms with Crippen LogP contribution in [0.1, 0.15) is 12.8 Å². The quantitative estimate of drug-likeness (QED) is 0.588. The van der Waals surface area contributed by atoms with E-state index < -0.39 is 4.92 Å². The van der Waals surface area contributed by atoms with Gasteiger partial charge in [0.15, 0.2) is 0 Å². The zero-order chi connectivity index (χ0) is 11.0. The number of halogens is 1. The molecule has 0 aliphatic heterocycles. The van der Waals surface area contributed by atoms with Gasteiger partial charge in [-0.15, -0.1) is 0 Å². The van der Waals surface area contributed by atoms with Gasteiger partial charge in [0.2, 0.25) is 0 Å². The zero-order valence-corrected chi connectivity index (χ0v) is 9.07. The van der Waals surface area contributed by atoms with Crippen molar-refractivity contribution in [2.45, 2.75) is 18.9 Å². The lowest BCUT2D eigenvalue weighted by atomic mass is 10.2. The van der Waals surface area contributed by atoms with E-state index in [4.69, 9.17) is 11.6 Å². The van der Waals surface area contributed by atoms with Crippen LogP contribution in [0.2, 0.25) is 5.02 Å². The van der Waals surface area contributed by atoms with Crippen molar-refractivity contribution < 1.29 is 4.92 Å². The highest BCUT2D eigenvalue weighted by Crippen LogP contribution is 2.39. The van der Waals surface area contributed by atoms with Crippen molar-refractivity contribution in [3.8, 4) is 0 Å². The van der Waals surface area contributed by atoms with Gasteiger partial charge >= 0.3 is 5.69 Å². The molecule has 15 heavy (non-hydrogen) atoms. The Kier molecular flexibility index (Phi) is 2.52. The fraction of sp³-hybridized carbons (Fsp3) is 0.400. The van der Waals surface area contributed by atoms with Gasteiger partial charge in [0.05, 0.1) is 4.92 Å². The van der Waals surface area contributed by atoms with Crippen molar-refractivity contribution >= 4 is 23.0 Å². The second-order valence-electron chi connectivity index (χ2n) is 3.71. The van der Waals surface area contributed by atoms with E-state index in [2.05, 4.69) is 0 Å². The number of hydrogen-bond donors (Lipinski definition) is 0. The molecule has 0 amide bonds. The molecule has 1 aliphatic carbocycles.